The van der Waals surface area contributed by atoms with Crippen LogP contribution in [0, 0.1) is 17.3 Å². The van der Waals surface area contributed by atoms with E-state index in [0.717, 1.165) is 0 Å². The quantitative estimate of drug-likeness (QED) is 0.293. The Morgan fingerprint density at radius 3 is 2.47 bits per heavy atom. The summed E-state index contributed by atoms with van der Waals surface area (Å²) in [6, 6.07) is 0. The van der Waals surface area contributed by atoms with Gasteiger partial charge in [0.2, 0.25) is 5.78 Å². The van der Waals surface area contributed by atoms with Gasteiger partial charge in [0.1, 0.15) is 6.10 Å². The predicted octanol–water partition coefficient (Wildman–Crippen LogP) is 1.97. The van der Waals surface area contributed by atoms with E-state index in [4.69, 9.17) is 9.47 Å². The molecule has 34 heavy (non-hydrogen) atoms. The highest BCUT2D eigenvalue weighted by molar-refractivity contribution is 6.12. The fraction of sp³-hybridized carbons (Fsp3) is 0.538. The molecule has 3 N–H and O–H groups in total. The number of ketones is 1. The van der Waals surface area contributed by atoms with E-state index in [0.29, 0.717) is 37.1 Å². The number of Topliss-reactive ketones (excluding diaryl/α,β-unsaturated/α-hetero) is 1. The number of hydrogen-bond acceptors (Lipinski definition) is 8. The number of fused-ring (bicyclic) bond motifs is 4. The second-order valence-electron chi connectivity index (χ2n) is 9.78. The zero-order chi connectivity index (χ0) is 24.8. The molecule has 1 saturated carbocycles. The molecule has 1 saturated heterocycles. The molecule has 0 amide bonds. The Labute approximate surface area is 199 Å². The van der Waals surface area contributed by atoms with Crippen molar-refractivity contribution in [3.05, 3.63) is 59.6 Å². The molecule has 0 spiro atoms. The van der Waals surface area contributed by atoms with Crippen molar-refractivity contribution in [2.75, 3.05) is 26.8 Å². The predicted molar refractivity (Wildman–Crippen MR) is 124 cm³/mol. The summed E-state index contributed by atoms with van der Waals surface area (Å²) in [4.78, 5) is 28.4. The molecule has 4 rings (SSSR count). The summed E-state index contributed by atoms with van der Waals surface area (Å²) in [6.45, 7) is 10.2. The maximum atomic E-state index is 13.6. The number of cyclic esters (lactones) is 1. The van der Waals surface area contributed by atoms with Gasteiger partial charge in [-0.2, -0.15) is 0 Å². The zero-order valence-electron chi connectivity index (χ0n) is 19.7. The van der Waals surface area contributed by atoms with Crippen molar-refractivity contribution in [1.29, 1.82) is 0 Å². The molecule has 0 aromatic heterocycles. The SMILES string of the molecule is C=CCN(/C=C1/C(=O)O[C@H](COC)C2C1=C(O)C(=O)C1=C2[C@H](O)C[C@]2(C)C(O)CCC12)CC=C. The van der Waals surface area contributed by atoms with E-state index in [1.807, 2.05) is 6.92 Å². The lowest BCUT2D eigenvalue weighted by Crippen LogP contribution is -2.51. The molecule has 3 unspecified atom stereocenters. The Morgan fingerprint density at radius 2 is 1.85 bits per heavy atom. The van der Waals surface area contributed by atoms with Crippen LogP contribution in [0.15, 0.2) is 59.6 Å². The molecule has 1 heterocycles. The van der Waals surface area contributed by atoms with Crippen LogP contribution < -0.4 is 0 Å². The third-order valence-corrected chi connectivity index (χ3v) is 7.81. The highest BCUT2D eigenvalue weighted by Crippen LogP contribution is 2.59. The minimum Gasteiger partial charge on any atom is -0.504 e. The lowest BCUT2D eigenvalue weighted by molar-refractivity contribution is -0.152. The highest BCUT2D eigenvalue weighted by atomic mass is 16.6. The number of nitrogens with zero attached hydrogens (tertiary/aromatic N) is 1. The van der Waals surface area contributed by atoms with E-state index in [-0.39, 0.29) is 30.1 Å². The Balaban J connectivity index is 1.90. The Bertz CT molecular complexity index is 999. The number of aliphatic hydroxyl groups excluding tert-OH is 3. The van der Waals surface area contributed by atoms with Crippen molar-refractivity contribution < 1.29 is 34.4 Å². The number of methoxy groups -OCH3 is 1. The first-order valence-corrected chi connectivity index (χ1v) is 11.6. The maximum Gasteiger partial charge on any atom is 0.340 e. The molecular formula is C26H33NO7. The van der Waals surface area contributed by atoms with Gasteiger partial charge in [-0.15, -0.1) is 13.2 Å². The minimum absolute atomic E-state index is 0.0335. The van der Waals surface area contributed by atoms with Gasteiger partial charge in [-0.3, -0.25) is 4.79 Å². The number of rotatable bonds is 7. The fourth-order valence-electron chi connectivity index (χ4n) is 6.26. The molecule has 8 nitrogen and oxygen atoms in total. The van der Waals surface area contributed by atoms with Crippen molar-refractivity contribution >= 4 is 11.8 Å². The average molecular weight is 472 g/mol. The largest absolute Gasteiger partial charge is 0.504 e. The summed E-state index contributed by atoms with van der Waals surface area (Å²) in [5.41, 5.74) is 0.356. The van der Waals surface area contributed by atoms with Gasteiger partial charge in [0.15, 0.2) is 5.76 Å². The van der Waals surface area contributed by atoms with Crippen LogP contribution in [0.1, 0.15) is 26.2 Å². The van der Waals surface area contributed by atoms with E-state index in [2.05, 4.69) is 13.2 Å². The first kappa shape index (κ1) is 24.4. The van der Waals surface area contributed by atoms with E-state index in [1.54, 1.807) is 23.3 Å². The van der Waals surface area contributed by atoms with Crippen LogP contribution in [0.25, 0.3) is 0 Å². The van der Waals surface area contributed by atoms with Crippen molar-refractivity contribution in [1.82, 2.24) is 4.90 Å². The van der Waals surface area contributed by atoms with Gasteiger partial charge in [0.05, 0.1) is 30.3 Å². The molecule has 0 aromatic rings. The van der Waals surface area contributed by atoms with Crippen LogP contribution in [-0.4, -0.2) is 77.1 Å². The molecule has 6 atom stereocenters. The smallest absolute Gasteiger partial charge is 0.340 e. The number of carbonyl (C=O) groups excluding carboxylic acids is 2. The third kappa shape index (κ3) is 3.65. The van der Waals surface area contributed by atoms with Crippen molar-refractivity contribution in [3.8, 4) is 0 Å². The van der Waals surface area contributed by atoms with Gasteiger partial charge in [-0.05, 0) is 30.8 Å². The lowest BCUT2D eigenvalue weighted by atomic mass is 9.58. The molecule has 4 aliphatic rings. The number of hydrogen-bond donors (Lipinski definition) is 3. The van der Waals surface area contributed by atoms with Gasteiger partial charge in [-0.1, -0.05) is 19.1 Å². The van der Waals surface area contributed by atoms with Gasteiger partial charge >= 0.3 is 5.97 Å². The van der Waals surface area contributed by atoms with Gasteiger partial charge < -0.3 is 29.7 Å². The van der Waals surface area contributed by atoms with E-state index in [1.165, 1.54) is 7.11 Å². The number of esters is 1. The number of allylic oxidation sites excluding steroid dienone is 1. The molecule has 0 aromatic carbocycles. The van der Waals surface area contributed by atoms with Crippen LogP contribution in [0.3, 0.4) is 0 Å². The average Bonchev–Trinajstić information content (AvgIpc) is 3.07. The van der Waals surface area contributed by atoms with E-state index < -0.39 is 47.2 Å². The molecular weight excluding hydrogens is 438 g/mol. The van der Waals surface area contributed by atoms with Crippen molar-refractivity contribution in [2.45, 2.75) is 44.5 Å². The molecule has 184 valence electrons. The number of ether oxygens (including phenoxy) is 2. The molecule has 2 fully saturated rings. The van der Waals surface area contributed by atoms with Gasteiger partial charge in [-0.25, -0.2) is 4.79 Å². The van der Waals surface area contributed by atoms with E-state index >= 15 is 0 Å². The Hall–Kier alpha value is -2.68. The summed E-state index contributed by atoms with van der Waals surface area (Å²) in [5, 5.41) is 33.2. The molecule has 0 radical (unpaired) electrons. The van der Waals surface area contributed by atoms with Crippen LogP contribution in [0.2, 0.25) is 0 Å². The second-order valence-corrected chi connectivity index (χ2v) is 9.78. The monoisotopic (exact) mass is 471 g/mol. The Kier molecular flexibility index (Phi) is 6.59. The normalized spacial score (nSPS) is 36.1. The summed E-state index contributed by atoms with van der Waals surface area (Å²) >= 11 is 0. The van der Waals surface area contributed by atoms with Crippen molar-refractivity contribution in [3.63, 3.8) is 0 Å². The molecule has 0 bridgehead atoms. The number of carbonyl (C=O) groups is 2. The Morgan fingerprint density at radius 1 is 1.18 bits per heavy atom. The van der Waals surface area contributed by atoms with Crippen LogP contribution in [0.5, 0.6) is 0 Å². The first-order valence-electron chi connectivity index (χ1n) is 11.6. The van der Waals surface area contributed by atoms with Crippen molar-refractivity contribution in [2.24, 2.45) is 17.3 Å². The van der Waals surface area contributed by atoms with Crippen LogP contribution in [0.4, 0.5) is 0 Å². The first-order chi connectivity index (χ1) is 16.2. The number of aliphatic hydroxyl groups is 3. The van der Waals surface area contributed by atoms with Gasteiger partial charge in [0.25, 0.3) is 0 Å². The summed E-state index contributed by atoms with van der Waals surface area (Å²) < 4.78 is 11.0. The molecule has 1 aliphatic heterocycles. The van der Waals surface area contributed by atoms with Gasteiger partial charge in [0, 0.05) is 43.0 Å². The van der Waals surface area contributed by atoms with Crippen LogP contribution >= 0.6 is 0 Å². The topological polar surface area (TPSA) is 117 Å². The second kappa shape index (κ2) is 9.17. The fourth-order valence-corrected chi connectivity index (χ4v) is 6.26. The van der Waals surface area contributed by atoms with E-state index in [9.17, 15) is 24.9 Å². The molecule has 8 heteroatoms. The highest BCUT2D eigenvalue weighted by Gasteiger charge is 2.59. The summed E-state index contributed by atoms with van der Waals surface area (Å²) in [6.07, 6.45) is 3.75. The molecule has 3 aliphatic carbocycles. The summed E-state index contributed by atoms with van der Waals surface area (Å²) in [5.74, 6) is -2.82. The van der Waals surface area contributed by atoms with Crippen LogP contribution in [-0.2, 0) is 19.1 Å². The third-order valence-electron chi connectivity index (χ3n) is 7.81. The maximum absolute atomic E-state index is 13.6. The standard InChI is InChI=1S/C26H33NO7/c1-5-9-27(10-6-2)12-14-19-22(17(13-33-4)34-25(14)32)21-16(28)11-26(3)15(7-8-18(26)29)20(21)24(31)23(19)30/h5-6,12,15-18,22,28-30H,1-2,7-11,13H2,3-4H3/b14-12+/t15?,16-,17-,18?,22?,26+/m1/s1. The minimum atomic E-state index is -1.03. The lowest BCUT2D eigenvalue weighted by Gasteiger charge is -2.48. The summed E-state index contributed by atoms with van der Waals surface area (Å²) in [7, 11) is 1.48. The zero-order valence-corrected chi connectivity index (χ0v) is 19.7.